The van der Waals surface area contributed by atoms with E-state index in [0.717, 1.165) is 32.4 Å². The highest BCUT2D eigenvalue weighted by Crippen LogP contribution is 2.40. The van der Waals surface area contributed by atoms with Gasteiger partial charge < -0.3 is 10.1 Å². The summed E-state index contributed by atoms with van der Waals surface area (Å²) in [6.45, 7) is 2.19. The lowest BCUT2D eigenvalue weighted by atomic mass is 9.87. The average Bonchev–Trinajstić information content (AvgIpc) is 3.09. The Labute approximate surface area is 173 Å². The molecule has 1 aromatic carbocycles. The first kappa shape index (κ1) is 21.0. The minimum Gasteiger partial charge on any atom is -0.373 e. The summed E-state index contributed by atoms with van der Waals surface area (Å²) < 4.78 is 49.0. The number of piperidine rings is 1. The third-order valence-corrected chi connectivity index (χ3v) is 7.45. The van der Waals surface area contributed by atoms with E-state index in [1.807, 2.05) is 6.07 Å². The van der Waals surface area contributed by atoms with Gasteiger partial charge in [-0.3, -0.25) is 0 Å². The van der Waals surface area contributed by atoms with Crippen molar-refractivity contribution < 1.29 is 17.9 Å². The van der Waals surface area contributed by atoms with Gasteiger partial charge in [-0.05, 0) is 62.3 Å². The third kappa shape index (κ3) is 5.08. The SMILES string of the molecule is N#Cc1ccc(F)c(SN2CCC3(CC2)CC(NC2CCC(F)(F)CC2)CO3)c1. The Morgan fingerprint density at radius 1 is 1.14 bits per heavy atom. The fourth-order valence-electron chi connectivity index (χ4n) is 4.61. The van der Waals surface area contributed by atoms with Gasteiger partial charge in [-0.15, -0.1) is 0 Å². The Balaban J connectivity index is 1.26. The molecule has 1 aromatic rings. The van der Waals surface area contributed by atoms with E-state index in [1.54, 1.807) is 6.07 Å². The van der Waals surface area contributed by atoms with Crippen LogP contribution in [0.2, 0.25) is 0 Å². The quantitative estimate of drug-likeness (QED) is 0.720. The maximum absolute atomic E-state index is 14.0. The number of ether oxygens (including phenoxy) is 1. The van der Waals surface area contributed by atoms with Crippen molar-refractivity contribution in [2.75, 3.05) is 19.7 Å². The number of nitriles is 1. The third-order valence-electron chi connectivity index (χ3n) is 6.32. The first-order valence-electron chi connectivity index (χ1n) is 10.3. The van der Waals surface area contributed by atoms with Crippen LogP contribution in [0.5, 0.6) is 0 Å². The molecule has 2 heterocycles. The lowest BCUT2D eigenvalue weighted by Crippen LogP contribution is -2.45. The highest BCUT2D eigenvalue weighted by atomic mass is 32.2. The molecule has 1 spiro atoms. The first-order valence-corrected chi connectivity index (χ1v) is 11.0. The lowest BCUT2D eigenvalue weighted by Gasteiger charge is -2.38. The normalized spacial score (nSPS) is 27.2. The number of rotatable bonds is 4. The molecule has 1 aliphatic carbocycles. The van der Waals surface area contributed by atoms with E-state index in [9.17, 15) is 13.2 Å². The Bertz CT molecular complexity index is 767. The molecule has 0 radical (unpaired) electrons. The fourth-order valence-corrected chi connectivity index (χ4v) is 5.59. The standard InChI is InChI=1S/C21H26F3N3OS/c22-18-2-1-15(13-25)11-19(18)29-27-9-7-20(8-10-27)12-17(14-28-20)26-16-3-5-21(23,24)6-4-16/h1-2,11,16-17,26H,3-10,12,14H2. The largest absolute Gasteiger partial charge is 0.373 e. The fraction of sp³-hybridized carbons (Fsp3) is 0.667. The van der Waals surface area contributed by atoms with Gasteiger partial charge in [0.25, 0.3) is 0 Å². The second-order valence-electron chi connectivity index (χ2n) is 8.47. The summed E-state index contributed by atoms with van der Waals surface area (Å²) >= 11 is 1.36. The maximum Gasteiger partial charge on any atom is 0.248 e. The summed E-state index contributed by atoms with van der Waals surface area (Å²) in [6, 6.07) is 6.83. The van der Waals surface area contributed by atoms with Crippen LogP contribution in [0, 0.1) is 17.1 Å². The second kappa shape index (κ2) is 8.46. The van der Waals surface area contributed by atoms with Gasteiger partial charge in [0.2, 0.25) is 5.92 Å². The van der Waals surface area contributed by atoms with Crippen LogP contribution >= 0.6 is 11.9 Å². The van der Waals surface area contributed by atoms with E-state index < -0.39 is 5.92 Å². The summed E-state index contributed by atoms with van der Waals surface area (Å²) in [6.07, 6.45) is 3.61. The van der Waals surface area contributed by atoms with E-state index in [4.69, 9.17) is 10.00 Å². The van der Waals surface area contributed by atoms with Crippen LogP contribution in [0.1, 0.15) is 50.5 Å². The van der Waals surface area contributed by atoms with Crippen LogP contribution in [-0.4, -0.2) is 47.6 Å². The van der Waals surface area contributed by atoms with Crippen molar-refractivity contribution in [2.24, 2.45) is 0 Å². The number of hydrogen-bond acceptors (Lipinski definition) is 5. The molecule has 8 heteroatoms. The van der Waals surface area contributed by atoms with Crippen molar-refractivity contribution in [2.45, 2.75) is 73.4 Å². The summed E-state index contributed by atoms with van der Waals surface area (Å²) in [5.41, 5.74) is 0.288. The molecule has 0 bridgehead atoms. The number of nitrogens with zero attached hydrogens (tertiary/aromatic N) is 2. The van der Waals surface area contributed by atoms with Crippen molar-refractivity contribution in [3.05, 3.63) is 29.6 Å². The topological polar surface area (TPSA) is 48.3 Å². The highest BCUT2D eigenvalue weighted by molar-refractivity contribution is 7.97. The molecule has 1 unspecified atom stereocenters. The zero-order valence-electron chi connectivity index (χ0n) is 16.3. The molecule has 1 N–H and O–H groups in total. The summed E-state index contributed by atoms with van der Waals surface area (Å²) in [4.78, 5) is 0.473. The molecule has 3 fully saturated rings. The number of alkyl halides is 2. The monoisotopic (exact) mass is 425 g/mol. The Morgan fingerprint density at radius 3 is 2.55 bits per heavy atom. The van der Waals surface area contributed by atoms with Crippen molar-refractivity contribution in [3.8, 4) is 6.07 Å². The average molecular weight is 426 g/mol. The molecule has 2 aliphatic heterocycles. The van der Waals surface area contributed by atoms with Gasteiger partial charge >= 0.3 is 0 Å². The van der Waals surface area contributed by atoms with E-state index in [-0.39, 0.29) is 36.3 Å². The highest BCUT2D eigenvalue weighted by Gasteiger charge is 2.44. The molecule has 0 aromatic heterocycles. The van der Waals surface area contributed by atoms with Crippen LogP contribution in [0.15, 0.2) is 23.1 Å². The van der Waals surface area contributed by atoms with E-state index >= 15 is 0 Å². The van der Waals surface area contributed by atoms with Crippen LogP contribution < -0.4 is 5.32 Å². The number of nitrogens with one attached hydrogen (secondary N) is 1. The van der Waals surface area contributed by atoms with Crippen molar-refractivity contribution in [1.82, 2.24) is 9.62 Å². The van der Waals surface area contributed by atoms with Crippen LogP contribution in [0.25, 0.3) is 0 Å². The minimum absolute atomic E-state index is 0.0286. The van der Waals surface area contributed by atoms with Gasteiger partial charge in [0.1, 0.15) is 5.82 Å². The smallest absolute Gasteiger partial charge is 0.248 e. The molecular formula is C21H26F3N3OS. The number of benzene rings is 1. The second-order valence-corrected chi connectivity index (χ2v) is 9.61. The molecule has 1 atom stereocenters. The molecule has 4 rings (SSSR count). The molecule has 3 aliphatic rings. The van der Waals surface area contributed by atoms with E-state index in [1.165, 1.54) is 24.1 Å². The summed E-state index contributed by atoms with van der Waals surface area (Å²) in [5.74, 6) is -2.81. The number of hydrogen-bond donors (Lipinski definition) is 1. The first-order chi connectivity index (χ1) is 13.9. The minimum atomic E-state index is -2.50. The van der Waals surface area contributed by atoms with Crippen molar-refractivity contribution in [1.29, 1.82) is 5.26 Å². The Morgan fingerprint density at radius 2 is 1.86 bits per heavy atom. The Hall–Kier alpha value is -1.27. The molecule has 2 saturated heterocycles. The number of halogens is 3. The van der Waals surface area contributed by atoms with Gasteiger partial charge in [0.05, 0.1) is 28.7 Å². The van der Waals surface area contributed by atoms with Crippen LogP contribution in [0.3, 0.4) is 0 Å². The zero-order valence-corrected chi connectivity index (χ0v) is 17.1. The molecule has 0 amide bonds. The van der Waals surface area contributed by atoms with Gasteiger partial charge in [-0.2, -0.15) is 5.26 Å². The Kier molecular flexibility index (Phi) is 6.12. The van der Waals surface area contributed by atoms with Crippen molar-refractivity contribution >= 4 is 11.9 Å². The molecule has 1 saturated carbocycles. The zero-order chi connectivity index (χ0) is 20.5. The molecule has 158 valence electrons. The van der Waals surface area contributed by atoms with Gasteiger partial charge in [-0.25, -0.2) is 17.5 Å². The van der Waals surface area contributed by atoms with Crippen molar-refractivity contribution in [3.63, 3.8) is 0 Å². The van der Waals surface area contributed by atoms with E-state index in [0.29, 0.717) is 29.9 Å². The van der Waals surface area contributed by atoms with Crippen LogP contribution in [-0.2, 0) is 4.74 Å². The van der Waals surface area contributed by atoms with Gasteiger partial charge in [0, 0.05) is 38.0 Å². The lowest BCUT2D eigenvalue weighted by molar-refractivity contribution is -0.0414. The molecule has 29 heavy (non-hydrogen) atoms. The van der Waals surface area contributed by atoms with E-state index in [2.05, 4.69) is 9.62 Å². The summed E-state index contributed by atoms with van der Waals surface area (Å²) in [7, 11) is 0. The predicted octanol–water partition coefficient (Wildman–Crippen LogP) is 4.50. The maximum atomic E-state index is 14.0. The predicted molar refractivity (Wildman–Crippen MR) is 105 cm³/mol. The van der Waals surface area contributed by atoms with Gasteiger partial charge in [0.15, 0.2) is 0 Å². The molecular weight excluding hydrogens is 399 g/mol. The summed E-state index contributed by atoms with van der Waals surface area (Å²) in [5, 5.41) is 12.6. The molecule has 4 nitrogen and oxygen atoms in total. The van der Waals surface area contributed by atoms with Crippen LogP contribution in [0.4, 0.5) is 13.2 Å². The van der Waals surface area contributed by atoms with Gasteiger partial charge in [-0.1, -0.05) is 0 Å².